The summed E-state index contributed by atoms with van der Waals surface area (Å²) < 4.78 is 2.04. The Morgan fingerprint density at radius 2 is 1.95 bits per heavy atom. The lowest BCUT2D eigenvalue weighted by Crippen LogP contribution is -2.55. The van der Waals surface area contributed by atoms with Crippen molar-refractivity contribution in [1.82, 2.24) is 20.0 Å². The van der Waals surface area contributed by atoms with Gasteiger partial charge >= 0.3 is 0 Å². The van der Waals surface area contributed by atoms with Crippen LogP contribution in [0.15, 0.2) is 12.3 Å². The van der Waals surface area contributed by atoms with Crippen molar-refractivity contribution in [1.29, 1.82) is 0 Å². The standard InChI is InChI=1S/C16H30N4/c1-5-17-15(14-10-13-18-19(14)4)16(11-8-9-12-16)20(6-2)7-3/h10,13,15,17H,5-9,11-12H2,1-4H3. The largest absolute Gasteiger partial charge is 0.307 e. The second-order valence-electron chi connectivity index (χ2n) is 5.85. The van der Waals surface area contributed by atoms with Gasteiger partial charge in [0.05, 0.1) is 11.7 Å². The van der Waals surface area contributed by atoms with Crippen molar-refractivity contribution >= 4 is 0 Å². The highest BCUT2D eigenvalue weighted by molar-refractivity contribution is 5.17. The van der Waals surface area contributed by atoms with E-state index in [0.29, 0.717) is 6.04 Å². The molecule has 1 N–H and O–H groups in total. The van der Waals surface area contributed by atoms with Crippen LogP contribution in [-0.2, 0) is 7.05 Å². The molecule has 0 aliphatic heterocycles. The lowest BCUT2D eigenvalue weighted by molar-refractivity contribution is 0.0602. The molecule has 1 aromatic rings. The van der Waals surface area contributed by atoms with Gasteiger partial charge in [-0.15, -0.1) is 0 Å². The number of nitrogens with zero attached hydrogens (tertiary/aromatic N) is 3. The van der Waals surface area contributed by atoms with Crippen molar-refractivity contribution in [2.45, 2.75) is 58.0 Å². The summed E-state index contributed by atoms with van der Waals surface area (Å²) in [7, 11) is 2.06. The first-order chi connectivity index (χ1) is 9.69. The van der Waals surface area contributed by atoms with Gasteiger partial charge in [0.25, 0.3) is 0 Å². The molecule has 0 amide bonds. The summed E-state index contributed by atoms with van der Waals surface area (Å²) in [6, 6.07) is 2.55. The van der Waals surface area contributed by atoms with E-state index in [1.807, 2.05) is 10.9 Å². The maximum Gasteiger partial charge on any atom is 0.0678 e. The summed E-state index contributed by atoms with van der Waals surface area (Å²) in [5.41, 5.74) is 1.58. The molecule has 1 aliphatic rings. The number of aryl methyl sites for hydroxylation is 1. The third kappa shape index (κ3) is 2.63. The monoisotopic (exact) mass is 278 g/mol. The number of nitrogens with one attached hydrogen (secondary N) is 1. The van der Waals surface area contributed by atoms with Crippen LogP contribution in [0.2, 0.25) is 0 Å². The lowest BCUT2D eigenvalue weighted by atomic mass is 9.83. The predicted molar refractivity (Wildman–Crippen MR) is 83.7 cm³/mol. The number of hydrogen-bond donors (Lipinski definition) is 1. The molecule has 1 saturated carbocycles. The Labute approximate surface area is 123 Å². The van der Waals surface area contributed by atoms with Gasteiger partial charge in [0.15, 0.2) is 0 Å². The van der Waals surface area contributed by atoms with Crippen LogP contribution in [0.1, 0.15) is 58.2 Å². The fourth-order valence-electron chi connectivity index (χ4n) is 4.07. The first kappa shape index (κ1) is 15.5. The van der Waals surface area contributed by atoms with E-state index in [0.717, 1.165) is 19.6 Å². The smallest absolute Gasteiger partial charge is 0.0678 e. The third-order valence-corrected chi connectivity index (χ3v) is 4.96. The highest BCUT2D eigenvalue weighted by atomic mass is 15.3. The second-order valence-corrected chi connectivity index (χ2v) is 5.85. The zero-order valence-corrected chi connectivity index (χ0v) is 13.5. The van der Waals surface area contributed by atoms with Crippen molar-refractivity contribution in [2.24, 2.45) is 7.05 Å². The molecule has 0 bridgehead atoms. The summed E-state index contributed by atoms with van der Waals surface area (Å²) in [5.74, 6) is 0. The fourth-order valence-corrected chi connectivity index (χ4v) is 4.07. The number of hydrogen-bond acceptors (Lipinski definition) is 3. The van der Waals surface area contributed by atoms with Gasteiger partial charge in [-0.05, 0) is 38.5 Å². The maximum atomic E-state index is 4.39. The topological polar surface area (TPSA) is 33.1 Å². The Balaban J connectivity index is 2.40. The average molecular weight is 278 g/mol. The van der Waals surface area contributed by atoms with E-state index in [4.69, 9.17) is 0 Å². The van der Waals surface area contributed by atoms with Crippen LogP contribution in [0.5, 0.6) is 0 Å². The zero-order valence-electron chi connectivity index (χ0n) is 13.5. The van der Waals surface area contributed by atoms with Crippen LogP contribution >= 0.6 is 0 Å². The number of rotatable bonds is 7. The van der Waals surface area contributed by atoms with Crippen LogP contribution in [0.4, 0.5) is 0 Å². The summed E-state index contributed by atoms with van der Waals surface area (Å²) in [4.78, 5) is 2.67. The van der Waals surface area contributed by atoms with E-state index in [1.165, 1.54) is 31.4 Å². The molecule has 4 heteroatoms. The summed E-state index contributed by atoms with van der Waals surface area (Å²) >= 11 is 0. The van der Waals surface area contributed by atoms with Gasteiger partial charge in [-0.25, -0.2) is 0 Å². The van der Waals surface area contributed by atoms with Gasteiger partial charge < -0.3 is 5.32 Å². The van der Waals surface area contributed by atoms with Crippen molar-refractivity contribution < 1.29 is 0 Å². The quantitative estimate of drug-likeness (QED) is 0.832. The van der Waals surface area contributed by atoms with Crippen LogP contribution in [0.25, 0.3) is 0 Å². The average Bonchev–Trinajstić information content (AvgIpc) is 3.08. The maximum absolute atomic E-state index is 4.39. The van der Waals surface area contributed by atoms with Crippen molar-refractivity contribution in [2.75, 3.05) is 19.6 Å². The Morgan fingerprint density at radius 3 is 2.40 bits per heavy atom. The van der Waals surface area contributed by atoms with E-state index < -0.39 is 0 Å². The number of aromatic nitrogens is 2. The molecule has 114 valence electrons. The molecule has 1 atom stereocenters. The van der Waals surface area contributed by atoms with E-state index in [9.17, 15) is 0 Å². The summed E-state index contributed by atoms with van der Waals surface area (Å²) in [6.07, 6.45) is 7.19. The molecule has 2 rings (SSSR count). The molecule has 1 unspecified atom stereocenters. The van der Waals surface area contributed by atoms with E-state index in [1.54, 1.807) is 0 Å². The normalized spacial score (nSPS) is 19.6. The molecular formula is C16H30N4. The summed E-state index contributed by atoms with van der Waals surface area (Å²) in [6.45, 7) is 10.0. The van der Waals surface area contributed by atoms with Gasteiger partial charge in [-0.3, -0.25) is 9.58 Å². The van der Waals surface area contributed by atoms with Gasteiger partial charge in [0, 0.05) is 18.8 Å². The van der Waals surface area contributed by atoms with E-state index in [-0.39, 0.29) is 5.54 Å². The van der Waals surface area contributed by atoms with Gasteiger partial charge in [-0.1, -0.05) is 33.6 Å². The van der Waals surface area contributed by atoms with Crippen molar-refractivity contribution in [3.05, 3.63) is 18.0 Å². The molecule has 1 heterocycles. The molecule has 1 aliphatic carbocycles. The molecule has 4 nitrogen and oxygen atoms in total. The Kier molecular flexibility index (Phi) is 5.22. The number of likely N-dealkylation sites (N-methyl/N-ethyl adjacent to an activating group) is 2. The van der Waals surface area contributed by atoms with Crippen LogP contribution in [0.3, 0.4) is 0 Å². The first-order valence-corrected chi connectivity index (χ1v) is 8.16. The first-order valence-electron chi connectivity index (χ1n) is 8.16. The predicted octanol–water partition coefficient (Wildman–Crippen LogP) is 2.73. The van der Waals surface area contributed by atoms with Crippen molar-refractivity contribution in [3.63, 3.8) is 0 Å². The Morgan fingerprint density at radius 1 is 1.30 bits per heavy atom. The van der Waals surface area contributed by atoms with Gasteiger partial charge in [0.1, 0.15) is 0 Å². The zero-order chi connectivity index (χ0) is 14.6. The van der Waals surface area contributed by atoms with Gasteiger partial charge in [-0.2, -0.15) is 5.10 Å². The molecular weight excluding hydrogens is 248 g/mol. The highest BCUT2D eigenvalue weighted by Crippen LogP contribution is 2.44. The minimum absolute atomic E-state index is 0.257. The SMILES string of the molecule is CCNC(c1ccnn1C)C1(N(CC)CC)CCCC1. The molecule has 0 spiro atoms. The Hall–Kier alpha value is -0.870. The van der Waals surface area contributed by atoms with Crippen LogP contribution in [0, 0.1) is 0 Å². The lowest BCUT2D eigenvalue weighted by Gasteiger charge is -2.46. The second kappa shape index (κ2) is 6.72. The van der Waals surface area contributed by atoms with Gasteiger partial charge in [0.2, 0.25) is 0 Å². The van der Waals surface area contributed by atoms with Crippen molar-refractivity contribution in [3.8, 4) is 0 Å². The van der Waals surface area contributed by atoms with E-state index >= 15 is 0 Å². The third-order valence-electron chi connectivity index (χ3n) is 4.96. The highest BCUT2D eigenvalue weighted by Gasteiger charge is 2.46. The molecule has 1 fully saturated rings. The Bertz CT molecular complexity index is 402. The van der Waals surface area contributed by atoms with Crippen LogP contribution in [-0.4, -0.2) is 39.9 Å². The molecule has 0 radical (unpaired) electrons. The molecule has 20 heavy (non-hydrogen) atoms. The molecule has 0 saturated heterocycles. The minimum Gasteiger partial charge on any atom is -0.307 e. The minimum atomic E-state index is 0.257. The van der Waals surface area contributed by atoms with Crippen LogP contribution < -0.4 is 5.32 Å². The fraction of sp³-hybridized carbons (Fsp3) is 0.812. The molecule has 1 aromatic heterocycles. The molecule has 0 aromatic carbocycles. The van der Waals surface area contributed by atoms with E-state index in [2.05, 4.69) is 49.2 Å². The summed E-state index contributed by atoms with van der Waals surface area (Å²) in [5, 5.41) is 8.15.